The molecule has 2 aromatic heterocycles. The van der Waals surface area contributed by atoms with Gasteiger partial charge in [-0.15, -0.1) is 0 Å². The number of aromatic nitrogens is 3. The molecule has 0 aliphatic carbocycles. The Kier molecular flexibility index (Phi) is 3.97. The minimum absolute atomic E-state index is 0.613. The predicted octanol–water partition coefficient (Wildman–Crippen LogP) is 3.72. The van der Waals surface area contributed by atoms with Gasteiger partial charge in [0, 0.05) is 33.4 Å². The second kappa shape index (κ2) is 5.32. The number of pyridine rings is 1. The summed E-state index contributed by atoms with van der Waals surface area (Å²) in [4.78, 5) is 13.3. The van der Waals surface area contributed by atoms with Crippen LogP contribution >= 0.6 is 31.9 Å². The Balaban J connectivity index is 2.60. The SMILES string of the molecule is CNc1nc(-c2ncc(Br)cc2Br)nc(C)c1C. The minimum Gasteiger partial charge on any atom is -0.373 e. The zero-order chi connectivity index (χ0) is 13.3. The van der Waals surface area contributed by atoms with E-state index in [1.165, 1.54) is 0 Å². The van der Waals surface area contributed by atoms with Crippen molar-refractivity contribution < 1.29 is 0 Å². The van der Waals surface area contributed by atoms with Crippen molar-refractivity contribution in [1.29, 1.82) is 0 Å². The van der Waals surface area contributed by atoms with Crippen LogP contribution in [0.2, 0.25) is 0 Å². The summed E-state index contributed by atoms with van der Waals surface area (Å²) in [6, 6.07) is 1.93. The summed E-state index contributed by atoms with van der Waals surface area (Å²) in [7, 11) is 1.85. The van der Waals surface area contributed by atoms with E-state index in [1.54, 1.807) is 6.20 Å². The molecule has 0 saturated carbocycles. The summed E-state index contributed by atoms with van der Waals surface area (Å²) < 4.78 is 1.78. The van der Waals surface area contributed by atoms with Crippen molar-refractivity contribution in [3.05, 3.63) is 32.5 Å². The number of nitrogens with zero attached hydrogens (tertiary/aromatic N) is 3. The molecule has 0 bridgehead atoms. The summed E-state index contributed by atoms with van der Waals surface area (Å²) in [6.45, 7) is 3.96. The number of anilines is 1. The maximum atomic E-state index is 4.48. The Bertz CT molecular complexity index is 599. The molecule has 6 heteroatoms. The van der Waals surface area contributed by atoms with Gasteiger partial charge in [0.15, 0.2) is 5.82 Å². The third-order valence-electron chi connectivity index (χ3n) is 2.65. The number of halogens is 2. The van der Waals surface area contributed by atoms with E-state index in [0.29, 0.717) is 5.82 Å². The van der Waals surface area contributed by atoms with Gasteiger partial charge >= 0.3 is 0 Å². The lowest BCUT2D eigenvalue weighted by Gasteiger charge is -2.10. The average molecular weight is 372 g/mol. The lowest BCUT2D eigenvalue weighted by molar-refractivity contribution is 1.05. The molecule has 4 nitrogen and oxygen atoms in total. The molecular weight excluding hydrogens is 360 g/mol. The molecule has 0 radical (unpaired) electrons. The second-order valence-corrected chi connectivity index (χ2v) is 5.61. The standard InChI is InChI=1S/C12H12Br2N4/c1-6-7(2)17-12(18-11(6)15-3)10-9(14)4-8(13)5-16-10/h4-5H,1-3H3,(H,15,17,18). The molecule has 18 heavy (non-hydrogen) atoms. The Morgan fingerprint density at radius 2 is 1.89 bits per heavy atom. The maximum absolute atomic E-state index is 4.48. The van der Waals surface area contributed by atoms with E-state index in [-0.39, 0.29) is 0 Å². The van der Waals surface area contributed by atoms with Crippen molar-refractivity contribution in [3.63, 3.8) is 0 Å². The lowest BCUT2D eigenvalue weighted by atomic mass is 10.2. The van der Waals surface area contributed by atoms with Gasteiger partial charge < -0.3 is 5.32 Å². The van der Waals surface area contributed by atoms with Gasteiger partial charge in [0.05, 0.1) is 0 Å². The van der Waals surface area contributed by atoms with Crippen molar-refractivity contribution >= 4 is 37.7 Å². The molecular formula is C12H12Br2N4. The molecule has 0 aliphatic heterocycles. The van der Waals surface area contributed by atoms with E-state index in [9.17, 15) is 0 Å². The molecule has 2 heterocycles. The van der Waals surface area contributed by atoms with Gasteiger partial charge in [-0.25, -0.2) is 9.97 Å². The van der Waals surface area contributed by atoms with Gasteiger partial charge in [0.2, 0.25) is 0 Å². The highest BCUT2D eigenvalue weighted by Crippen LogP contribution is 2.28. The Morgan fingerprint density at radius 3 is 2.50 bits per heavy atom. The van der Waals surface area contributed by atoms with E-state index in [0.717, 1.165) is 31.7 Å². The first kappa shape index (κ1) is 13.4. The molecule has 0 spiro atoms. The van der Waals surface area contributed by atoms with Crippen molar-refractivity contribution in [3.8, 4) is 11.5 Å². The van der Waals surface area contributed by atoms with E-state index >= 15 is 0 Å². The van der Waals surface area contributed by atoms with Crippen molar-refractivity contribution in [2.45, 2.75) is 13.8 Å². The van der Waals surface area contributed by atoms with Gasteiger partial charge in [-0.05, 0) is 51.8 Å². The van der Waals surface area contributed by atoms with Gasteiger partial charge in [0.1, 0.15) is 11.5 Å². The number of hydrogen-bond acceptors (Lipinski definition) is 4. The Labute approximate surface area is 123 Å². The van der Waals surface area contributed by atoms with Crippen LogP contribution in [-0.2, 0) is 0 Å². The smallest absolute Gasteiger partial charge is 0.181 e. The van der Waals surface area contributed by atoms with Crippen LogP contribution in [-0.4, -0.2) is 22.0 Å². The summed E-state index contributed by atoms with van der Waals surface area (Å²) >= 11 is 6.86. The molecule has 0 aromatic carbocycles. The maximum Gasteiger partial charge on any atom is 0.181 e. The fraction of sp³-hybridized carbons (Fsp3) is 0.250. The van der Waals surface area contributed by atoms with Crippen LogP contribution in [0.4, 0.5) is 5.82 Å². The van der Waals surface area contributed by atoms with Gasteiger partial charge in [0.25, 0.3) is 0 Å². The molecule has 0 amide bonds. The molecule has 0 fully saturated rings. The van der Waals surface area contributed by atoms with Crippen LogP contribution in [0.25, 0.3) is 11.5 Å². The summed E-state index contributed by atoms with van der Waals surface area (Å²) in [5.74, 6) is 1.44. The Hall–Kier alpha value is -1.01. The number of nitrogens with one attached hydrogen (secondary N) is 1. The highest BCUT2D eigenvalue weighted by molar-refractivity contribution is 9.11. The fourth-order valence-electron chi connectivity index (χ4n) is 1.56. The van der Waals surface area contributed by atoms with E-state index < -0.39 is 0 Å². The topological polar surface area (TPSA) is 50.7 Å². The lowest BCUT2D eigenvalue weighted by Crippen LogP contribution is -2.03. The molecule has 0 aliphatic rings. The minimum atomic E-state index is 0.613. The highest BCUT2D eigenvalue weighted by Gasteiger charge is 2.12. The summed E-state index contributed by atoms with van der Waals surface area (Å²) in [5.41, 5.74) is 2.73. The third-order valence-corrected chi connectivity index (χ3v) is 3.68. The zero-order valence-electron chi connectivity index (χ0n) is 10.3. The molecule has 1 N–H and O–H groups in total. The fourth-order valence-corrected chi connectivity index (χ4v) is 2.72. The van der Waals surface area contributed by atoms with Crippen molar-refractivity contribution in [2.24, 2.45) is 0 Å². The normalized spacial score (nSPS) is 10.5. The van der Waals surface area contributed by atoms with E-state index in [2.05, 4.69) is 52.1 Å². The monoisotopic (exact) mass is 370 g/mol. The first-order valence-electron chi connectivity index (χ1n) is 5.37. The third kappa shape index (κ3) is 2.54. The van der Waals surface area contributed by atoms with Crippen molar-refractivity contribution in [1.82, 2.24) is 15.0 Å². The summed E-state index contributed by atoms with van der Waals surface area (Å²) in [5, 5.41) is 3.07. The molecule has 0 atom stereocenters. The number of aryl methyl sites for hydroxylation is 1. The van der Waals surface area contributed by atoms with Gasteiger partial charge in [-0.1, -0.05) is 0 Å². The van der Waals surface area contributed by atoms with E-state index in [1.807, 2.05) is 27.0 Å². The van der Waals surface area contributed by atoms with Crippen LogP contribution in [0, 0.1) is 13.8 Å². The summed E-state index contributed by atoms with van der Waals surface area (Å²) in [6.07, 6.45) is 1.73. The second-order valence-electron chi connectivity index (χ2n) is 3.84. The number of rotatable bonds is 2. The van der Waals surface area contributed by atoms with E-state index in [4.69, 9.17) is 0 Å². The first-order valence-corrected chi connectivity index (χ1v) is 6.96. The molecule has 0 saturated heterocycles. The molecule has 94 valence electrons. The van der Waals surface area contributed by atoms with Crippen LogP contribution in [0.3, 0.4) is 0 Å². The largest absolute Gasteiger partial charge is 0.373 e. The van der Waals surface area contributed by atoms with Crippen LogP contribution < -0.4 is 5.32 Å². The zero-order valence-corrected chi connectivity index (χ0v) is 13.4. The predicted molar refractivity (Wildman–Crippen MR) is 79.7 cm³/mol. The average Bonchev–Trinajstić information content (AvgIpc) is 2.32. The van der Waals surface area contributed by atoms with Gasteiger partial charge in [-0.2, -0.15) is 0 Å². The molecule has 2 rings (SSSR count). The van der Waals surface area contributed by atoms with Gasteiger partial charge in [-0.3, -0.25) is 4.98 Å². The quantitative estimate of drug-likeness (QED) is 0.873. The van der Waals surface area contributed by atoms with Crippen LogP contribution in [0.15, 0.2) is 21.2 Å². The Morgan fingerprint density at radius 1 is 1.17 bits per heavy atom. The number of hydrogen-bond donors (Lipinski definition) is 1. The highest BCUT2D eigenvalue weighted by atomic mass is 79.9. The van der Waals surface area contributed by atoms with Crippen LogP contribution in [0.5, 0.6) is 0 Å². The van der Waals surface area contributed by atoms with Crippen LogP contribution in [0.1, 0.15) is 11.3 Å². The molecule has 2 aromatic rings. The molecule has 0 unspecified atom stereocenters. The first-order chi connectivity index (χ1) is 8.52. The van der Waals surface area contributed by atoms with Crippen molar-refractivity contribution in [2.75, 3.05) is 12.4 Å².